The maximum atomic E-state index is 11.8. The Morgan fingerprint density at radius 1 is 1.53 bits per heavy atom. The van der Waals surface area contributed by atoms with Gasteiger partial charge in [-0.25, -0.2) is 0 Å². The zero-order valence-corrected chi connectivity index (χ0v) is 10.9. The minimum Gasteiger partial charge on any atom is -0.491 e. The standard InChI is InChI=1S/C11H12ClN5O2/c1-2-5-19-9-4-3-7(12)6-8(9)13-11(18)10-14-16-17-15-10/h3-4,6H,2,5H2,1H3,(H,13,18)(H,14,15,16,17). The normalized spacial score (nSPS) is 10.2. The number of hydrogen-bond acceptors (Lipinski definition) is 5. The van der Waals surface area contributed by atoms with E-state index in [0.717, 1.165) is 6.42 Å². The summed E-state index contributed by atoms with van der Waals surface area (Å²) in [5.74, 6) is 0.00174. The zero-order valence-electron chi connectivity index (χ0n) is 10.2. The van der Waals surface area contributed by atoms with E-state index in [0.29, 0.717) is 23.1 Å². The maximum Gasteiger partial charge on any atom is 0.297 e. The average Bonchev–Trinajstić information content (AvgIpc) is 2.92. The Morgan fingerprint density at radius 3 is 3.05 bits per heavy atom. The Morgan fingerprint density at radius 2 is 2.37 bits per heavy atom. The van der Waals surface area contributed by atoms with Crippen LogP contribution in [0.5, 0.6) is 5.75 Å². The van der Waals surface area contributed by atoms with E-state index in [4.69, 9.17) is 16.3 Å². The highest BCUT2D eigenvalue weighted by atomic mass is 35.5. The van der Waals surface area contributed by atoms with E-state index >= 15 is 0 Å². The highest BCUT2D eigenvalue weighted by Gasteiger charge is 2.14. The van der Waals surface area contributed by atoms with Gasteiger partial charge in [0.15, 0.2) is 0 Å². The van der Waals surface area contributed by atoms with Crippen LogP contribution in [0.25, 0.3) is 0 Å². The summed E-state index contributed by atoms with van der Waals surface area (Å²) >= 11 is 5.90. The van der Waals surface area contributed by atoms with Gasteiger partial charge >= 0.3 is 0 Å². The molecule has 0 saturated heterocycles. The van der Waals surface area contributed by atoms with Crippen LogP contribution in [0.15, 0.2) is 18.2 Å². The molecule has 0 aliphatic heterocycles. The van der Waals surface area contributed by atoms with Crippen molar-refractivity contribution in [3.63, 3.8) is 0 Å². The summed E-state index contributed by atoms with van der Waals surface area (Å²) in [6, 6.07) is 4.99. The molecule has 2 aromatic rings. The number of hydrogen-bond donors (Lipinski definition) is 2. The lowest BCUT2D eigenvalue weighted by atomic mass is 10.3. The van der Waals surface area contributed by atoms with Crippen molar-refractivity contribution in [3.05, 3.63) is 29.0 Å². The van der Waals surface area contributed by atoms with Crippen LogP contribution in [-0.4, -0.2) is 33.1 Å². The highest BCUT2D eigenvalue weighted by molar-refractivity contribution is 6.31. The van der Waals surface area contributed by atoms with Crippen LogP contribution in [-0.2, 0) is 0 Å². The first kappa shape index (κ1) is 13.3. The molecule has 0 aliphatic rings. The molecular formula is C11H12ClN5O2. The molecule has 8 heteroatoms. The minimum atomic E-state index is -0.489. The van der Waals surface area contributed by atoms with Crippen molar-refractivity contribution in [3.8, 4) is 5.75 Å². The second-order valence-electron chi connectivity index (χ2n) is 3.68. The van der Waals surface area contributed by atoms with Crippen LogP contribution in [0.2, 0.25) is 5.02 Å². The van der Waals surface area contributed by atoms with E-state index in [1.54, 1.807) is 18.2 Å². The van der Waals surface area contributed by atoms with Gasteiger partial charge in [0.1, 0.15) is 5.75 Å². The smallest absolute Gasteiger partial charge is 0.297 e. The molecule has 0 saturated carbocycles. The van der Waals surface area contributed by atoms with Crippen molar-refractivity contribution < 1.29 is 9.53 Å². The molecule has 0 radical (unpaired) electrons. The summed E-state index contributed by atoms with van der Waals surface area (Å²) in [4.78, 5) is 11.8. The summed E-state index contributed by atoms with van der Waals surface area (Å²) in [5.41, 5.74) is 0.468. The SMILES string of the molecule is CCCOc1ccc(Cl)cc1NC(=O)c1nn[nH]n1. The number of carbonyl (C=O) groups is 1. The molecular weight excluding hydrogens is 270 g/mol. The number of halogens is 1. The van der Waals surface area contributed by atoms with Crippen molar-refractivity contribution in [2.24, 2.45) is 0 Å². The fraction of sp³-hybridized carbons (Fsp3) is 0.273. The Hall–Kier alpha value is -2.15. The second-order valence-corrected chi connectivity index (χ2v) is 4.11. The van der Waals surface area contributed by atoms with Gasteiger partial charge in [0.2, 0.25) is 0 Å². The third kappa shape index (κ3) is 3.41. The molecule has 0 unspecified atom stereocenters. The number of amides is 1. The van der Waals surface area contributed by atoms with Gasteiger partial charge in [-0.1, -0.05) is 18.5 Å². The molecule has 7 nitrogen and oxygen atoms in total. The molecule has 0 aliphatic carbocycles. The van der Waals surface area contributed by atoms with E-state index in [9.17, 15) is 4.79 Å². The quantitative estimate of drug-likeness (QED) is 0.873. The molecule has 100 valence electrons. The Balaban J connectivity index is 2.18. The van der Waals surface area contributed by atoms with Crippen LogP contribution < -0.4 is 10.1 Å². The lowest BCUT2D eigenvalue weighted by Crippen LogP contribution is -2.15. The predicted molar refractivity (Wildman–Crippen MR) is 69.4 cm³/mol. The number of carbonyl (C=O) groups excluding carboxylic acids is 1. The van der Waals surface area contributed by atoms with Crippen molar-refractivity contribution in [2.75, 3.05) is 11.9 Å². The molecule has 0 fully saturated rings. The number of H-pyrrole nitrogens is 1. The fourth-order valence-electron chi connectivity index (χ4n) is 1.37. The number of aromatic nitrogens is 4. The summed E-state index contributed by atoms with van der Waals surface area (Å²) in [6.45, 7) is 2.54. The molecule has 0 bridgehead atoms. The lowest BCUT2D eigenvalue weighted by Gasteiger charge is -2.11. The summed E-state index contributed by atoms with van der Waals surface area (Å²) < 4.78 is 5.52. The number of benzene rings is 1. The summed E-state index contributed by atoms with van der Waals surface area (Å²) in [5, 5.41) is 15.8. The summed E-state index contributed by atoms with van der Waals surface area (Å²) in [6.07, 6.45) is 0.862. The third-order valence-electron chi connectivity index (χ3n) is 2.20. The first-order chi connectivity index (χ1) is 9.20. The lowest BCUT2D eigenvalue weighted by molar-refractivity contribution is 0.101. The second kappa shape index (κ2) is 6.14. The number of rotatable bonds is 5. The van der Waals surface area contributed by atoms with Crippen molar-refractivity contribution in [1.29, 1.82) is 0 Å². The number of aromatic amines is 1. The van der Waals surface area contributed by atoms with Crippen molar-refractivity contribution >= 4 is 23.2 Å². The van der Waals surface area contributed by atoms with Crippen LogP contribution >= 0.6 is 11.6 Å². The van der Waals surface area contributed by atoms with Crippen molar-refractivity contribution in [1.82, 2.24) is 20.6 Å². The average molecular weight is 282 g/mol. The Bertz CT molecular complexity index is 558. The monoisotopic (exact) mass is 281 g/mol. The molecule has 1 heterocycles. The van der Waals surface area contributed by atoms with Gasteiger partial charge in [0.05, 0.1) is 12.3 Å². The third-order valence-corrected chi connectivity index (χ3v) is 2.44. The van der Waals surface area contributed by atoms with E-state index in [1.165, 1.54) is 0 Å². The summed E-state index contributed by atoms with van der Waals surface area (Å²) in [7, 11) is 0. The van der Waals surface area contributed by atoms with Gasteiger partial charge in [-0.05, 0) is 29.8 Å². The van der Waals surface area contributed by atoms with Gasteiger partial charge < -0.3 is 10.1 Å². The van der Waals surface area contributed by atoms with Gasteiger partial charge in [0, 0.05) is 5.02 Å². The molecule has 0 spiro atoms. The molecule has 2 N–H and O–H groups in total. The van der Waals surface area contributed by atoms with E-state index < -0.39 is 5.91 Å². The molecule has 1 amide bonds. The van der Waals surface area contributed by atoms with E-state index in [2.05, 4.69) is 25.9 Å². The number of anilines is 1. The molecule has 19 heavy (non-hydrogen) atoms. The minimum absolute atomic E-state index is 0.0542. The van der Waals surface area contributed by atoms with Crippen molar-refractivity contribution in [2.45, 2.75) is 13.3 Å². The largest absolute Gasteiger partial charge is 0.491 e. The molecule has 1 aromatic heterocycles. The molecule has 0 atom stereocenters. The van der Waals surface area contributed by atoms with Crippen LogP contribution in [0.1, 0.15) is 24.0 Å². The van der Waals surface area contributed by atoms with Gasteiger partial charge in [-0.2, -0.15) is 5.21 Å². The van der Waals surface area contributed by atoms with Crippen LogP contribution in [0.4, 0.5) is 5.69 Å². The molecule has 1 aromatic carbocycles. The van der Waals surface area contributed by atoms with E-state index in [-0.39, 0.29) is 5.82 Å². The number of nitrogens with zero attached hydrogens (tertiary/aromatic N) is 3. The van der Waals surface area contributed by atoms with Crippen LogP contribution in [0, 0.1) is 0 Å². The van der Waals surface area contributed by atoms with Crippen LogP contribution in [0.3, 0.4) is 0 Å². The van der Waals surface area contributed by atoms with Gasteiger partial charge in [-0.15, -0.1) is 10.2 Å². The number of ether oxygens (including phenoxy) is 1. The fourth-order valence-corrected chi connectivity index (χ4v) is 1.55. The maximum absolute atomic E-state index is 11.8. The Kier molecular flexibility index (Phi) is 4.30. The first-order valence-electron chi connectivity index (χ1n) is 5.68. The topological polar surface area (TPSA) is 92.8 Å². The molecule has 2 rings (SSSR count). The predicted octanol–water partition coefficient (Wildman–Crippen LogP) is 1.89. The van der Waals surface area contributed by atoms with Gasteiger partial charge in [0.25, 0.3) is 11.7 Å². The number of tetrazole rings is 1. The number of nitrogens with one attached hydrogen (secondary N) is 2. The zero-order chi connectivity index (χ0) is 13.7. The van der Waals surface area contributed by atoms with E-state index in [1.807, 2.05) is 6.92 Å². The first-order valence-corrected chi connectivity index (χ1v) is 6.05. The Labute approximate surface area is 114 Å². The highest BCUT2D eigenvalue weighted by Crippen LogP contribution is 2.28. The van der Waals surface area contributed by atoms with Gasteiger partial charge in [-0.3, -0.25) is 4.79 Å².